The summed E-state index contributed by atoms with van der Waals surface area (Å²) in [4.78, 5) is 3.39. The van der Waals surface area contributed by atoms with E-state index in [1.54, 1.807) is 13.2 Å². The largest absolute Gasteiger partial charge is 0.325 e. The molecule has 0 atom stereocenters. The Hall–Kier alpha value is -1.01. The van der Waals surface area contributed by atoms with E-state index in [4.69, 9.17) is 12.4 Å². The van der Waals surface area contributed by atoms with Crippen molar-refractivity contribution in [1.82, 2.24) is 5.01 Å². The molecule has 3 heteroatoms. The maximum atomic E-state index is 5.47. The highest BCUT2D eigenvalue weighted by molar-refractivity contribution is 5.06. The first kappa shape index (κ1) is 8.99. The lowest BCUT2D eigenvalue weighted by atomic mass is 10.1. The molecule has 0 saturated carbocycles. The summed E-state index contributed by atoms with van der Waals surface area (Å²) in [5, 5.41) is 1.51. The van der Waals surface area contributed by atoms with E-state index in [0.29, 0.717) is 5.92 Å². The fourth-order valence-electron chi connectivity index (χ4n) is 0.724. The van der Waals surface area contributed by atoms with E-state index in [0.717, 1.165) is 5.70 Å². The Balaban J connectivity index is 4.30. The van der Waals surface area contributed by atoms with Crippen molar-refractivity contribution in [2.75, 3.05) is 7.05 Å². The molecular formula is C7H14N3+. The maximum Gasteiger partial charge on any atom is 0.325 e. The van der Waals surface area contributed by atoms with Gasteiger partial charge in [-0.25, -0.2) is 5.84 Å². The van der Waals surface area contributed by atoms with Gasteiger partial charge in [-0.3, -0.25) is 0 Å². The molecule has 0 aliphatic rings. The van der Waals surface area contributed by atoms with Crippen molar-refractivity contribution in [3.63, 3.8) is 0 Å². The van der Waals surface area contributed by atoms with E-state index >= 15 is 0 Å². The third kappa shape index (κ3) is 2.51. The van der Waals surface area contributed by atoms with Crippen LogP contribution in [0.3, 0.4) is 0 Å². The van der Waals surface area contributed by atoms with Gasteiger partial charge in [0.2, 0.25) is 0 Å². The van der Waals surface area contributed by atoms with Crippen LogP contribution in [0.4, 0.5) is 0 Å². The van der Waals surface area contributed by atoms with Gasteiger partial charge in [0, 0.05) is 13.0 Å². The number of hydrazine groups is 1. The van der Waals surface area contributed by atoms with Gasteiger partial charge in [0.25, 0.3) is 6.57 Å². The quantitative estimate of drug-likeness (QED) is 0.462. The number of hydrogen-bond donors (Lipinski definition) is 1. The molecule has 0 aliphatic carbocycles. The van der Waals surface area contributed by atoms with Gasteiger partial charge in [0.1, 0.15) is 5.70 Å². The van der Waals surface area contributed by atoms with Crippen LogP contribution in [0.2, 0.25) is 0 Å². The second-order valence-electron chi connectivity index (χ2n) is 2.47. The van der Waals surface area contributed by atoms with Crippen molar-refractivity contribution in [3.05, 3.63) is 16.7 Å². The van der Waals surface area contributed by atoms with Gasteiger partial charge >= 0.3 is 6.20 Å². The monoisotopic (exact) mass is 140 g/mol. The van der Waals surface area contributed by atoms with Crippen LogP contribution in [0.1, 0.15) is 13.8 Å². The fraction of sp³-hybridized carbons (Fsp3) is 0.571. The lowest BCUT2D eigenvalue weighted by Crippen LogP contribution is -2.27. The van der Waals surface area contributed by atoms with Crippen molar-refractivity contribution in [2.45, 2.75) is 13.8 Å². The Labute approximate surface area is 61.9 Å². The van der Waals surface area contributed by atoms with Crippen LogP contribution >= 0.6 is 0 Å². The van der Waals surface area contributed by atoms with Crippen molar-refractivity contribution in [3.8, 4) is 6.57 Å². The maximum absolute atomic E-state index is 5.47. The third-order valence-corrected chi connectivity index (χ3v) is 1.21. The molecule has 0 aromatic rings. The molecule has 0 amide bonds. The van der Waals surface area contributed by atoms with Crippen molar-refractivity contribution >= 4 is 0 Å². The van der Waals surface area contributed by atoms with Gasteiger partial charge in [-0.2, -0.15) is 0 Å². The lowest BCUT2D eigenvalue weighted by molar-refractivity contribution is 0.391. The average molecular weight is 140 g/mol. The molecule has 3 nitrogen and oxygen atoms in total. The summed E-state index contributed by atoms with van der Waals surface area (Å²) < 4.78 is 0. The second-order valence-corrected chi connectivity index (χ2v) is 2.47. The predicted octanol–water partition coefficient (Wildman–Crippen LogP) is 1.25. The molecule has 0 fully saturated rings. The highest BCUT2D eigenvalue weighted by Crippen LogP contribution is 2.09. The summed E-state index contributed by atoms with van der Waals surface area (Å²) in [5.74, 6) is 5.82. The van der Waals surface area contributed by atoms with Crippen LogP contribution in [0.15, 0.2) is 11.9 Å². The van der Waals surface area contributed by atoms with Crippen LogP contribution < -0.4 is 5.84 Å². The minimum absolute atomic E-state index is 0.349. The van der Waals surface area contributed by atoms with E-state index < -0.39 is 0 Å². The summed E-state index contributed by atoms with van der Waals surface area (Å²) in [7, 11) is 1.76. The van der Waals surface area contributed by atoms with Gasteiger partial charge in [0.15, 0.2) is 0 Å². The molecule has 0 radical (unpaired) electrons. The standard InChI is InChI=1S/C7H14N3/c1-6(2)7(5-9-3)10(4)8/h3,5-6H,8H2,1-2,4H3/q+1/b7-5-. The minimum Gasteiger partial charge on any atom is -0.311 e. The number of hydrogen-bond acceptors (Lipinski definition) is 2. The summed E-state index contributed by atoms with van der Waals surface area (Å²) in [5.41, 5.74) is 0.919. The fourth-order valence-corrected chi connectivity index (χ4v) is 0.724. The van der Waals surface area contributed by atoms with Gasteiger partial charge in [-0.15, -0.1) is 0 Å². The van der Waals surface area contributed by atoms with Crippen molar-refractivity contribution in [2.24, 2.45) is 11.8 Å². The molecule has 0 bridgehead atoms. The van der Waals surface area contributed by atoms with E-state index in [2.05, 4.69) is 4.85 Å². The van der Waals surface area contributed by atoms with Gasteiger partial charge in [-0.1, -0.05) is 13.8 Å². The van der Waals surface area contributed by atoms with Gasteiger partial charge < -0.3 is 5.01 Å². The molecule has 0 aliphatic heterocycles. The summed E-state index contributed by atoms with van der Waals surface area (Å²) in [6.45, 7) is 9.03. The number of nitrogens with zero attached hydrogens (tertiary/aromatic N) is 2. The number of nitrogens with two attached hydrogens (primary N) is 1. The smallest absolute Gasteiger partial charge is 0.311 e. The van der Waals surface area contributed by atoms with Crippen LogP contribution in [-0.4, -0.2) is 12.1 Å². The molecular weight excluding hydrogens is 126 g/mol. The normalized spacial score (nSPS) is 11.4. The average Bonchev–Trinajstić information content (AvgIpc) is 1.81. The van der Waals surface area contributed by atoms with E-state index in [9.17, 15) is 0 Å². The van der Waals surface area contributed by atoms with Crippen LogP contribution in [0.25, 0.3) is 4.85 Å². The Morgan fingerprint density at radius 3 is 2.30 bits per heavy atom. The first-order valence-electron chi connectivity index (χ1n) is 3.18. The van der Waals surface area contributed by atoms with E-state index in [1.165, 1.54) is 5.01 Å². The summed E-state index contributed by atoms with van der Waals surface area (Å²) in [6.07, 6.45) is 1.56. The van der Waals surface area contributed by atoms with E-state index in [1.807, 2.05) is 13.8 Å². The van der Waals surface area contributed by atoms with Crippen LogP contribution in [-0.2, 0) is 0 Å². The predicted molar refractivity (Wildman–Crippen MR) is 43.2 cm³/mol. The number of allylic oxidation sites excluding steroid dienone is 1. The summed E-state index contributed by atoms with van der Waals surface area (Å²) in [6, 6.07) is 0. The molecule has 2 N–H and O–H groups in total. The SMILES string of the molecule is C#[N+]/C=C(/C(C)C)N(C)N. The molecule has 0 aromatic carbocycles. The van der Waals surface area contributed by atoms with Crippen molar-refractivity contribution < 1.29 is 0 Å². The molecule has 0 unspecified atom stereocenters. The zero-order valence-corrected chi connectivity index (χ0v) is 6.70. The number of rotatable bonds is 2. The van der Waals surface area contributed by atoms with Gasteiger partial charge in [0.05, 0.1) is 0 Å². The highest BCUT2D eigenvalue weighted by atomic mass is 15.4. The molecule has 0 rings (SSSR count). The van der Waals surface area contributed by atoms with Gasteiger partial charge in [-0.05, 0) is 4.85 Å². The Kier molecular flexibility index (Phi) is 3.52. The lowest BCUT2D eigenvalue weighted by Gasteiger charge is -2.15. The third-order valence-electron chi connectivity index (χ3n) is 1.21. The second kappa shape index (κ2) is 3.91. The Bertz CT molecular complexity index is 152. The highest BCUT2D eigenvalue weighted by Gasteiger charge is 2.08. The molecule has 56 valence electrons. The minimum atomic E-state index is 0.349. The Morgan fingerprint density at radius 2 is 2.20 bits per heavy atom. The molecule has 0 spiro atoms. The molecule has 0 saturated heterocycles. The topological polar surface area (TPSA) is 33.6 Å². The molecule has 10 heavy (non-hydrogen) atoms. The van der Waals surface area contributed by atoms with Crippen LogP contribution in [0.5, 0.6) is 0 Å². The first-order valence-corrected chi connectivity index (χ1v) is 3.18. The zero-order valence-electron chi connectivity index (χ0n) is 6.70. The summed E-state index contributed by atoms with van der Waals surface area (Å²) >= 11 is 0. The molecule has 0 heterocycles. The van der Waals surface area contributed by atoms with E-state index in [-0.39, 0.29) is 0 Å². The Morgan fingerprint density at radius 1 is 1.70 bits per heavy atom. The van der Waals surface area contributed by atoms with Crippen LogP contribution in [0, 0.1) is 12.5 Å². The zero-order chi connectivity index (χ0) is 8.15. The molecule has 0 aromatic heterocycles. The van der Waals surface area contributed by atoms with Crippen molar-refractivity contribution in [1.29, 1.82) is 0 Å². The first-order chi connectivity index (χ1) is 4.59.